The average Bonchev–Trinajstić information content (AvgIpc) is 3.95. The molecule has 1 aromatic heterocycles. The molecule has 0 bridgehead atoms. The van der Waals surface area contributed by atoms with E-state index in [4.69, 9.17) is 4.74 Å². The Kier molecular flexibility index (Phi) is 17.8. The fourth-order valence-corrected chi connectivity index (χ4v) is 9.09. The number of hydrogen-bond acceptors (Lipinski definition) is 8. The van der Waals surface area contributed by atoms with Crippen LogP contribution in [0.5, 0.6) is 5.75 Å². The molecule has 1 aliphatic heterocycles. The lowest BCUT2D eigenvalue weighted by molar-refractivity contribution is -0.144. The van der Waals surface area contributed by atoms with Crippen LogP contribution in [0.3, 0.4) is 0 Å². The number of ether oxygens (including phenoxy) is 1. The number of benzene rings is 4. The standard InChI is InChI=1S/C55H65N5O6S/c1-7-46(40-18-12-10-13-19-40)50(41-20-14-11-15-21-41)42-28-30-45(31-29-42)66-33-32-59(6)49(63)23-17-9-8-16-22-48(62)58-52(55(3,4)5)54(65)60-36-44(61)34-47(60)53(64)56-35-39-24-26-43(27-25-39)51-38(2)57-37-67-51/h9-15,17-21,24-31,37,44,47,52,61H,7-8,16,22-23,32-36H2,1-6H3,(H,56,64)(H,58,62)/b17-9+,50-46-/t44-,47+,52-/m1/s1. The first kappa shape index (κ1) is 50.1. The number of likely N-dealkylation sites (tertiary alicyclic amines) is 1. The lowest BCUT2D eigenvalue weighted by Gasteiger charge is -2.35. The molecule has 352 valence electrons. The van der Waals surface area contributed by atoms with Gasteiger partial charge in [-0.3, -0.25) is 19.2 Å². The quantitative estimate of drug-likeness (QED) is 0.0402. The number of allylic oxidation sites excluding steroid dienone is 2. The maximum atomic E-state index is 14.0. The zero-order valence-corrected chi connectivity index (χ0v) is 40.5. The number of aryl methyl sites for hydroxylation is 1. The van der Waals surface area contributed by atoms with E-state index in [9.17, 15) is 24.3 Å². The number of thiazole rings is 1. The number of carbonyl (C=O) groups is 4. The highest BCUT2D eigenvalue weighted by molar-refractivity contribution is 7.13. The largest absolute Gasteiger partial charge is 0.492 e. The highest BCUT2D eigenvalue weighted by Gasteiger charge is 2.44. The van der Waals surface area contributed by atoms with Crippen molar-refractivity contribution < 1.29 is 29.0 Å². The number of likely N-dealkylation sites (N-methyl/N-ethyl adjacent to an activating group) is 1. The molecule has 1 aliphatic rings. The summed E-state index contributed by atoms with van der Waals surface area (Å²) in [5.41, 5.74) is 10.0. The van der Waals surface area contributed by atoms with Gasteiger partial charge in [0.05, 0.1) is 28.7 Å². The van der Waals surface area contributed by atoms with Crippen LogP contribution in [-0.4, -0.2) is 88.5 Å². The third-order valence-corrected chi connectivity index (χ3v) is 13.0. The van der Waals surface area contributed by atoms with E-state index in [1.54, 1.807) is 23.3 Å². The van der Waals surface area contributed by atoms with Crippen molar-refractivity contribution in [2.24, 2.45) is 5.41 Å². The average molecular weight is 924 g/mol. The summed E-state index contributed by atoms with van der Waals surface area (Å²) in [5, 5.41) is 16.5. The van der Waals surface area contributed by atoms with Crippen LogP contribution in [0.4, 0.5) is 0 Å². The third kappa shape index (κ3) is 13.8. The Balaban J connectivity index is 0.919. The molecule has 3 N–H and O–H groups in total. The molecule has 0 saturated carbocycles. The highest BCUT2D eigenvalue weighted by Crippen LogP contribution is 2.35. The van der Waals surface area contributed by atoms with Gasteiger partial charge in [-0.25, -0.2) is 4.98 Å². The van der Waals surface area contributed by atoms with E-state index < -0.39 is 29.5 Å². The second-order valence-electron chi connectivity index (χ2n) is 18.1. The number of aliphatic hydroxyl groups excluding tert-OH is 1. The van der Waals surface area contributed by atoms with Gasteiger partial charge in [0.2, 0.25) is 23.6 Å². The fraction of sp³-hybridized carbons (Fsp3) is 0.364. The van der Waals surface area contributed by atoms with E-state index in [0.29, 0.717) is 26.0 Å². The van der Waals surface area contributed by atoms with Gasteiger partial charge in [-0.2, -0.15) is 0 Å². The van der Waals surface area contributed by atoms with Crippen molar-refractivity contribution in [1.82, 2.24) is 25.4 Å². The Morgan fingerprint density at radius 2 is 1.57 bits per heavy atom. The molecule has 67 heavy (non-hydrogen) atoms. The summed E-state index contributed by atoms with van der Waals surface area (Å²) in [4.78, 5) is 62.0. The zero-order chi connectivity index (χ0) is 47.9. The Labute approximate surface area is 400 Å². The van der Waals surface area contributed by atoms with Crippen molar-refractivity contribution in [1.29, 1.82) is 0 Å². The molecule has 0 spiro atoms. The SMILES string of the molecule is CC/C(=C(\c1ccccc1)c1ccc(OCCN(C)C(=O)C/C=C/CCCC(=O)N[C@H](C(=O)N2C[C@H](O)C[C@H]2C(=O)NCc2ccc(-c3scnc3C)cc2)C(C)(C)C)cc1)c1ccccc1. The van der Waals surface area contributed by atoms with Gasteiger partial charge in [-0.05, 0) is 82.7 Å². The van der Waals surface area contributed by atoms with Crippen molar-refractivity contribution in [2.45, 2.75) is 97.9 Å². The minimum Gasteiger partial charge on any atom is -0.492 e. The van der Waals surface area contributed by atoms with Crippen LogP contribution in [0.1, 0.15) is 94.2 Å². The number of aromatic nitrogens is 1. The van der Waals surface area contributed by atoms with E-state index in [-0.39, 0.29) is 50.1 Å². The van der Waals surface area contributed by atoms with E-state index >= 15 is 0 Å². The first-order valence-corrected chi connectivity index (χ1v) is 24.1. The number of unbranched alkanes of at least 4 members (excludes halogenated alkanes) is 1. The number of aliphatic hydroxyl groups is 1. The topological polar surface area (TPSA) is 141 Å². The van der Waals surface area contributed by atoms with Gasteiger partial charge in [0.25, 0.3) is 0 Å². The second kappa shape index (κ2) is 23.9. The Morgan fingerprint density at radius 3 is 2.19 bits per heavy atom. The van der Waals surface area contributed by atoms with E-state index in [1.165, 1.54) is 21.6 Å². The molecule has 4 amide bonds. The van der Waals surface area contributed by atoms with Gasteiger partial charge in [0.1, 0.15) is 24.4 Å². The Morgan fingerprint density at radius 1 is 0.910 bits per heavy atom. The molecule has 0 radical (unpaired) electrons. The van der Waals surface area contributed by atoms with Gasteiger partial charge >= 0.3 is 0 Å². The Hall–Kier alpha value is -6.37. The van der Waals surface area contributed by atoms with Crippen molar-refractivity contribution in [3.05, 3.63) is 155 Å². The summed E-state index contributed by atoms with van der Waals surface area (Å²) in [6.45, 7) is 10.8. The predicted octanol–water partition coefficient (Wildman–Crippen LogP) is 9.25. The lowest BCUT2D eigenvalue weighted by atomic mass is 9.85. The highest BCUT2D eigenvalue weighted by atomic mass is 32.1. The summed E-state index contributed by atoms with van der Waals surface area (Å²) in [6, 6.07) is 35.2. The number of carbonyl (C=O) groups excluding carboxylic acids is 4. The van der Waals surface area contributed by atoms with Gasteiger partial charge in [-0.15, -0.1) is 11.3 Å². The van der Waals surface area contributed by atoms with E-state index in [1.807, 2.05) is 93.9 Å². The summed E-state index contributed by atoms with van der Waals surface area (Å²) >= 11 is 1.58. The van der Waals surface area contributed by atoms with Crippen LogP contribution in [-0.2, 0) is 25.7 Å². The van der Waals surface area contributed by atoms with Gasteiger partial charge in [0.15, 0.2) is 0 Å². The Bertz CT molecular complexity index is 2480. The molecule has 4 aromatic carbocycles. The maximum absolute atomic E-state index is 14.0. The van der Waals surface area contributed by atoms with Gasteiger partial charge < -0.3 is 30.3 Å². The summed E-state index contributed by atoms with van der Waals surface area (Å²) < 4.78 is 6.05. The molecule has 5 aromatic rings. The molecule has 6 rings (SSSR count). The lowest BCUT2D eigenvalue weighted by Crippen LogP contribution is -2.57. The fourth-order valence-electron chi connectivity index (χ4n) is 8.28. The van der Waals surface area contributed by atoms with Crippen molar-refractivity contribution in [2.75, 3.05) is 26.7 Å². The summed E-state index contributed by atoms with van der Waals surface area (Å²) in [6.07, 6.45) is 5.37. The molecule has 1 fully saturated rings. The maximum Gasteiger partial charge on any atom is 0.246 e. The molecule has 0 unspecified atom stereocenters. The number of β-amino-alcohol motifs (C(OH)–C–C–N with tert-alkyl or cyclic N) is 1. The minimum absolute atomic E-state index is 0.00575. The normalized spacial score (nSPS) is 15.8. The van der Waals surface area contributed by atoms with Crippen LogP contribution in [0.25, 0.3) is 21.6 Å². The van der Waals surface area contributed by atoms with Crippen molar-refractivity contribution >= 4 is 46.1 Å². The molecule has 3 atom stereocenters. The number of rotatable bonds is 20. The second-order valence-corrected chi connectivity index (χ2v) is 19.0. The number of amides is 4. The smallest absolute Gasteiger partial charge is 0.246 e. The minimum atomic E-state index is -0.904. The first-order chi connectivity index (χ1) is 32.2. The van der Waals surface area contributed by atoms with Crippen LogP contribution in [0, 0.1) is 12.3 Å². The van der Waals surface area contributed by atoms with E-state index in [0.717, 1.165) is 45.0 Å². The molecule has 12 heteroatoms. The molecule has 11 nitrogen and oxygen atoms in total. The van der Waals surface area contributed by atoms with E-state index in [2.05, 4.69) is 83.2 Å². The van der Waals surface area contributed by atoms with Crippen molar-refractivity contribution in [3.8, 4) is 16.2 Å². The summed E-state index contributed by atoms with van der Waals surface area (Å²) in [5.74, 6) is -0.344. The molecule has 2 heterocycles. The number of nitrogens with one attached hydrogen (secondary N) is 2. The number of hydrogen-bond donors (Lipinski definition) is 3. The van der Waals surface area contributed by atoms with Crippen LogP contribution in [0.15, 0.2) is 127 Å². The third-order valence-electron chi connectivity index (χ3n) is 12.0. The van der Waals surface area contributed by atoms with Gasteiger partial charge in [0, 0.05) is 39.4 Å². The van der Waals surface area contributed by atoms with Crippen molar-refractivity contribution in [3.63, 3.8) is 0 Å². The first-order valence-electron chi connectivity index (χ1n) is 23.2. The molecule has 1 saturated heterocycles. The molecule has 0 aliphatic carbocycles. The predicted molar refractivity (Wildman–Crippen MR) is 268 cm³/mol. The monoisotopic (exact) mass is 923 g/mol. The summed E-state index contributed by atoms with van der Waals surface area (Å²) in [7, 11) is 1.76. The zero-order valence-electron chi connectivity index (χ0n) is 39.7. The molecular formula is C55H65N5O6S. The van der Waals surface area contributed by atoms with Crippen LogP contribution >= 0.6 is 11.3 Å². The van der Waals surface area contributed by atoms with Gasteiger partial charge in [-0.1, -0.05) is 137 Å². The molecular weight excluding hydrogens is 859 g/mol. The van der Waals surface area contributed by atoms with Crippen LogP contribution < -0.4 is 15.4 Å². The number of nitrogens with zero attached hydrogens (tertiary/aromatic N) is 3. The van der Waals surface area contributed by atoms with Crippen LogP contribution in [0.2, 0.25) is 0 Å².